The molecule has 1 aromatic heterocycles. The van der Waals surface area contributed by atoms with Crippen molar-refractivity contribution in [3.05, 3.63) is 75.7 Å². The third-order valence-corrected chi connectivity index (χ3v) is 5.45. The number of hydrogen-bond donors (Lipinski definition) is 1. The Morgan fingerprint density at radius 1 is 1.11 bits per heavy atom. The minimum absolute atomic E-state index is 0.118. The molecule has 2 aromatic carbocycles. The van der Waals surface area contributed by atoms with E-state index in [1.54, 1.807) is 39.0 Å². The second-order valence-corrected chi connectivity index (χ2v) is 9.77. The fourth-order valence-corrected chi connectivity index (χ4v) is 3.94. The topological polar surface area (TPSA) is 60.3 Å². The van der Waals surface area contributed by atoms with E-state index in [0.717, 1.165) is 18.2 Å². The highest BCUT2D eigenvalue weighted by molar-refractivity contribution is 6.34. The van der Waals surface area contributed by atoms with Crippen molar-refractivity contribution in [1.29, 1.82) is 0 Å². The molecule has 0 bridgehead atoms. The van der Waals surface area contributed by atoms with E-state index >= 15 is 0 Å². The van der Waals surface area contributed by atoms with Gasteiger partial charge in [-0.25, -0.2) is 9.18 Å². The Hall–Kier alpha value is -3.04. The Bertz CT molecular complexity index is 1330. The molecule has 0 radical (unpaired) electrons. The van der Waals surface area contributed by atoms with E-state index in [1.807, 2.05) is 0 Å². The predicted octanol–water partition coefficient (Wildman–Crippen LogP) is 7.61. The molecular formula is C25H22Cl2F4N2O3. The van der Waals surface area contributed by atoms with Gasteiger partial charge in [0.15, 0.2) is 0 Å². The Morgan fingerprint density at radius 3 is 2.44 bits per heavy atom. The Morgan fingerprint density at radius 2 is 1.81 bits per heavy atom. The van der Waals surface area contributed by atoms with E-state index < -0.39 is 46.1 Å². The Kier molecular flexibility index (Phi) is 8.05. The minimum atomic E-state index is -4.80. The molecule has 11 heteroatoms. The van der Waals surface area contributed by atoms with Crippen LogP contribution in [0.4, 0.5) is 22.4 Å². The summed E-state index contributed by atoms with van der Waals surface area (Å²) in [5.41, 5.74) is -0.523. The van der Waals surface area contributed by atoms with Crippen LogP contribution < -0.4 is 5.32 Å². The number of alkyl halides is 3. The van der Waals surface area contributed by atoms with Gasteiger partial charge in [-0.2, -0.15) is 13.2 Å². The number of allylic oxidation sites excluding steroid dienone is 1. The first-order chi connectivity index (χ1) is 16.7. The summed E-state index contributed by atoms with van der Waals surface area (Å²) >= 11 is 11.5. The average molecular weight is 545 g/mol. The first-order valence-corrected chi connectivity index (χ1v) is 11.4. The lowest BCUT2D eigenvalue weighted by Gasteiger charge is -2.19. The zero-order valence-electron chi connectivity index (χ0n) is 19.4. The maximum Gasteiger partial charge on any atom is 0.408 e. The van der Waals surface area contributed by atoms with E-state index in [1.165, 1.54) is 22.9 Å². The number of nitrogens with zero attached hydrogens (tertiary/aromatic N) is 1. The van der Waals surface area contributed by atoms with E-state index in [9.17, 15) is 27.2 Å². The van der Waals surface area contributed by atoms with E-state index in [4.69, 9.17) is 27.9 Å². The molecule has 0 saturated carbocycles. The van der Waals surface area contributed by atoms with Gasteiger partial charge in [0.05, 0.1) is 10.5 Å². The average Bonchev–Trinajstić information content (AvgIpc) is 3.16. The van der Waals surface area contributed by atoms with Gasteiger partial charge in [-0.1, -0.05) is 41.4 Å². The molecule has 36 heavy (non-hydrogen) atoms. The molecule has 1 unspecified atom stereocenters. The van der Waals surface area contributed by atoms with Gasteiger partial charge in [-0.05, 0) is 56.7 Å². The molecule has 0 aliphatic heterocycles. The van der Waals surface area contributed by atoms with Crippen LogP contribution >= 0.6 is 23.2 Å². The third kappa shape index (κ3) is 6.79. The van der Waals surface area contributed by atoms with Crippen LogP contribution in [0.15, 0.2) is 48.7 Å². The van der Waals surface area contributed by atoms with Crippen LogP contribution in [0.3, 0.4) is 0 Å². The maximum atomic E-state index is 14.4. The highest BCUT2D eigenvalue weighted by Gasteiger charge is 2.41. The third-order valence-electron chi connectivity index (χ3n) is 4.96. The predicted molar refractivity (Wildman–Crippen MR) is 131 cm³/mol. The van der Waals surface area contributed by atoms with Crippen LogP contribution in [0.2, 0.25) is 10.0 Å². The highest BCUT2D eigenvalue weighted by Crippen LogP contribution is 2.40. The number of ether oxygens (including phenoxy) is 1. The zero-order chi connectivity index (χ0) is 26.8. The molecule has 5 nitrogen and oxygen atoms in total. The molecule has 0 aliphatic rings. The summed E-state index contributed by atoms with van der Waals surface area (Å²) < 4.78 is 62.0. The standard InChI is InChI=1S/C25H22Cl2F4N2O3/c1-24(2,3)36-23(35)32-13-21(34)33-9-8-15-10-14(5-7-20(15)33)4-6-18(25(29,30)31)17-11-16(26)12-19(27)22(17)28/h4-12,18H,13H2,1-3H3,(H,32,35)/b6-4+. The van der Waals surface area contributed by atoms with Gasteiger partial charge in [0, 0.05) is 22.2 Å². The first-order valence-electron chi connectivity index (χ1n) is 10.7. The fraction of sp³-hybridized carbons (Fsp3) is 0.280. The number of benzene rings is 2. The molecule has 1 N–H and O–H groups in total. The summed E-state index contributed by atoms with van der Waals surface area (Å²) in [5.74, 6) is -3.92. The van der Waals surface area contributed by atoms with Crippen molar-refractivity contribution in [1.82, 2.24) is 9.88 Å². The number of amides is 1. The minimum Gasteiger partial charge on any atom is -0.444 e. The van der Waals surface area contributed by atoms with Crippen LogP contribution in [0, 0.1) is 5.82 Å². The smallest absolute Gasteiger partial charge is 0.408 e. The van der Waals surface area contributed by atoms with Gasteiger partial charge >= 0.3 is 12.3 Å². The SMILES string of the molecule is CC(C)(C)OC(=O)NCC(=O)n1ccc2cc(/C=C/C(c3cc(Cl)cc(Cl)c3F)C(F)(F)F)ccc21. The van der Waals surface area contributed by atoms with Crippen molar-refractivity contribution in [2.24, 2.45) is 0 Å². The van der Waals surface area contributed by atoms with Crippen LogP contribution in [-0.2, 0) is 4.74 Å². The molecule has 0 saturated heterocycles. The lowest BCUT2D eigenvalue weighted by molar-refractivity contribution is -0.139. The van der Waals surface area contributed by atoms with Gasteiger partial charge < -0.3 is 10.1 Å². The van der Waals surface area contributed by atoms with Crippen LogP contribution in [0.5, 0.6) is 0 Å². The molecule has 0 aliphatic carbocycles. The van der Waals surface area contributed by atoms with Crippen LogP contribution in [0.1, 0.15) is 42.6 Å². The van der Waals surface area contributed by atoms with Crippen molar-refractivity contribution in [2.45, 2.75) is 38.5 Å². The van der Waals surface area contributed by atoms with Crippen molar-refractivity contribution in [3.63, 3.8) is 0 Å². The quantitative estimate of drug-likeness (QED) is 0.265. The molecular weight excluding hydrogens is 523 g/mol. The van der Waals surface area contributed by atoms with Crippen molar-refractivity contribution in [2.75, 3.05) is 6.54 Å². The van der Waals surface area contributed by atoms with E-state index in [-0.39, 0.29) is 11.6 Å². The largest absolute Gasteiger partial charge is 0.444 e. The molecule has 0 spiro atoms. The summed E-state index contributed by atoms with van der Waals surface area (Å²) in [7, 11) is 0. The van der Waals surface area contributed by atoms with Crippen molar-refractivity contribution < 1.29 is 31.9 Å². The molecule has 192 valence electrons. The molecule has 1 atom stereocenters. The van der Waals surface area contributed by atoms with Gasteiger partial charge in [-0.15, -0.1) is 0 Å². The number of rotatable bonds is 5. The molecule has 1 amide bonds. The zero-order valence-corrected chi connectivity index (χ0v) is 20.9. The van der Waals surface area contributed by atoms with Crippen LogP contribution in [0.25, 0.3) is 17.0 Å². The number of carbonyl (C=O) groups excluding carboxylic acids is 2. The van der Waals surface area contributed by atoms with Gasteiger partial charge in [0.25, 0.3) is 5.91 Å². The summed E-state index contributed by atoms with van der Waals surface area (Å²) in [5, 5.41) is 2.33. The molecule has 3 rings (SSSR count). The lowest BCUT2D eigenvalue weighted by Crippen LogP contribution is -2.36. The molecule has 1 heterocycles. The first kappa shape index (κ1) is 27.5. The number of aromatic nitrogens is 1. The van der Waals surface area contributed by atoms with E-state index in [0.29, 0.717) is 16.5 Å². The maximum absolute atomic E-state index is 14.4. The number of nitrogens with one attached hydrogen (secondary N) is 1. The van der Waals surface area contributed by atoms with Crippen molar-refractivity contribution >= 4 is 52.2 Å². The summed E-state index contributed by atoms with van der Waals surface area (Å²) in [6, 6.07) is 8.17. The number of carbonyl (C=O) groups is 2. The van der Waals surface area contributed by atoms with Gasteiger partial charge in [0.2, 0.25) is 0 Å². The molecule has 3 aromatic rings. The molecule has 0 fully saturated rings. The number of halogens is 6. The Labute approximate surface area is 214 Å². The Balaban J connectivity index is 1.82. The van der Waals surface area contributed by atoms with Gasteiger partial charge in [-0.3, -0.25) is 9.36 Å². The monoisotopic (exact) mass is 544 g/mol. The number of fused-ring (bicyclic) bond motifs is 1. The fourth-order valence-electron chi connectivity index (χ4n) is 3.43. The van der Waals surface area contributed by atoms with E-state index in [2.05, 4.69) is 5.32 Å². The normalized spacial score (nSPS) is 13.2. The van der Waals surface area contributed by atoms with Gasteiger partial charge in [0.1, 0.15) is 23.9 Å². The second kappa shape index (κ2) is 10.5. The second-order valence-electron chi connectivity index (χ2n) is 8.92. The number of alkyl carbamates (subject to hydrolysis) is 1. The highest BCUT2D eigenvalue weighted by atomic mass is 35.5. The summed E-state index contributed by atoms with van der Waals surface area (Å²) in [6.07, 6.45) is -2.03. The summed E-state index contributed by atoms with van der Waals surface area (Å²) in [6.45, 7) is 4.76. The summed E-state index contributed by atoms with van der Waals surface area (Å²) in [4.78, 5) is 24.3. The van der Waals surface area contributed by atoms with Crippen LogP contribution in [-0.4, -0.2) is 34.9 Å². The lowest BCUT2D eigenvalue weighted by atomic mass is 9.96. The number of hydrogen-bond acceptors (Lipinski definition) is 3. The van der Waals surface area contributed by atoms with Crippen molar-refractivity contribution in [3.8, 4) is 0 Å².